The van der Waals surface area contributed by atoms with E-state index in [9.17, 15) is 14.4 Å². The second kappa shape index (κ2) is 4.08. The van der Waals surface area contributed by atoms with Gasteiger partial charge in [0.15, 0.2) is 0 Å². The van der Waals surface area contributed by atoms with Gasteiger partial charge in [0.1, 0.15) is 0 Å². The molecular formula is C8H12N2O4. The van der Waals surface area contributed by atoms with Gasteiger partial charge in [-0.3, -0.25) is 24.8 Å². The third-order valence-electron chi connectivity index (χ3n) is 2.04. The summed E-state index contributed by atoms with van der Waals surface area (Å²) in [6, 6.07) is 0. The molecule has 78 valence electrons. The van der Waals surface area contributed by atoms with Gasteiger partial charge >= 0.3 is 5.97 Å². The first-order valence-corrected chi connectivity index (χ1v) is 4.20. The Labute approximate surface area is 81.2 Å². The van der Waals surface area contributed by atoms with Crippen LogP contribution in [0.5, 0.6) is 0 Å². The summed E-state index contributed by atoms with van der Waals surface area (Å²) in [6.45, 7) is 1.57. The summed E-state index contributed by atoms with van der Waals surface area (Å²) < 4.78 is 4.43. The third kappa shape index (κ3) is 2.21. The molecule has 1 rings (SSSR count). The minimum absolute atomic E-state index is 0.00606. The average molecular weight is 200 g/mol. The summed E-state index contributed by atoms with van der Waals surface area (Å²) in [7, 11) is 1.26. The van der Waals surface area contributed by atoms with E-state index in [0.29, 0.717) is 0 Å². The van der Waals surface area contributed by atoms with Crippen LogP contribution in [0.4, 0.5) is 0 Å². The van der Waals surface area contributed by atoms with Gasteiger partial charge in [0.25, 0.3) is 0 Å². The average Bonchev–Trinajstić information content (AvgIpc) is 2.48. The van der Waals surface area contributed by atoms with Crippen molar-refractivity contribution in [1.82, 2.24) is 10.4 Å². The van der Waals surface area contributed by atoms with Crippen LogP contribution in [-0.2, 0) is 19.1 Å². The van der Waals surface area contributed by atoms with Crippen LogP contribution < -0.4 is 5.43 Å². The van der Waals surface area contributed by atoms with Gasteiger partial charge in [0.2, 0.25) is 11.8 Å². The molecule has 0 aromatic carbocycles. The Kier molecular flexibility index (Phi) is 3.06. The lowest BCUT2D eigenvalue weighted by molar-refractivity contribution is -0.143. The van der Waals surface area contributed by atoms with E-state index >= 15 is 0 Å². The molecule has 14 heavy (non-hydrogen) atoms. The molecule has 0 unspecified atom stereocenters. The van der Waals surface area contributed by atoms with E-state index in [4.69, 9.17) is 0 Å². The summed E-state index contributed by atoms with van der Waals surface area (Å²) in [4.78, 5) is 33.0. The van der Waals surface area contributed by atoms with E-state index in [0.717, 1.165) is 0 Å². The SMILES string of the molecule is COC(=O)C[C@H]1CN(C(C)=O)NC1=O. The monoisotopic (exact) mass is 200 g/mol. The Morgan fingerprint density at radius 1 is 1.64 bits per heavy atom. The van der Waals surface area contributed by atoms with E-state index in [-0.39, 0.29) is 24.8 Å². The number of ether oxygens (including phenoxy) is 1. The number of nitrogens with zero attached hydrogens (tertiary/aromatic N) is 1. The molecule has 0 bridgehead atoms. The summed E-state index contributed by atoms with van der Waals surface area (Å²) in [5.41, 5.74) is 2.37. The molecule has 1 aliphatic rings. The maximum atomic E-state index is 11.2. The van der Waals surface area contributed by atoms with Crippen LogP contribution in [0, 0.1) is 5.92 Å². The predicted octanol–water partition coefficient (Wildman–Crippen LogP) is -0.941. The zero-order valence-electron chi connectivity index (χ0n) is 8.07. The van der Waals surface area contributed by atoms with Gasteiger partial charge in [-0.1, -0.05) is 0 Å². The molecule has 0 aromatic rings. The van der Waals surface area contributed by atoms with Crippen LogP contribution in [0.2, 0.25) is 0 Å². The molecule has 6 nitrogen and oxygen atoms in total. The van der Waals surface area contributed by atoms with E-state index in [1.165, 1.54) is 19.0 Å². The van der Waals surface area contributed by atoms with Gasteiger partial charge in [0, 0.05) is 6.92 Å². The molecule has 1 heterocycles. The molecule has 1 fully saturated rings. The molecule has 0 spiro atoms. The maximum absolute atomic E-state index is 11.2. The topological polar surface area (TPSA) is 75.7 Å². The first kappa shape index (κ1) is 10.5. The van der Waals surface area contributed by atoms with Gasteiger partial charge in [-0.25, -0.2) is 0 Å². The number of hydrazine groups is 1. The van der Waals surface area contributed by atoms with Crippen molar-refractivity contribution in [2.75, 3.05) is 13.7 Å². The molecule has 6 heteroatoms. The van der Waals surface area contributed by atoms with Gasteiger partial charge in [0.05, 0.1) is 26.0 Å². The molecule has 1 N–H and O–H groups in total. The van der Waals surface area contributed by atoms with Crippen molar-refractivity contribution in [3.63, 3.8) is 0 Å². The van der Waals surface area contributed by atoms with Crippen LogP contribution >= 0.6 is 0 Å². The summed E-state index contributed by atoms with van der Waals surface area (Å²) >= 11 is 0. The maximum Gasteiger partial charge on any atom is 0.306 e. The van der Waals surface area contributed by atoms with E-state index < -0.39 is 11.9 Å². The van der Waals surface area contributed by atoms with Crippen LogP contribution in [-0.4, -0.2) is 36.4 Å². The second-order valence-electron chi connectivity index (χ2n) is 3.08. The number of nitrogens with one attached hydrogen (secondary N) is 1. The van der Waals surface area contributed by atoms with Crippen molar-refractivity contribution < 1.29 is 19.1 Å². The number of carbonyl (C=O) groups is 3. The Bertz CT molecular complexity index is 277. The summed E-state index contributed by atoms with van der Waals surface area (Å²) in [5, 5.41) is 1.19. The van der Waals surface area contributed by atoms with Crippen LogP contribution in [0.1, 0.15) is 13.3 Å². The molecule has 0 aromatic heterocycles. The van der Waals surface area contributed by atoms with E-state index in [2.05, 4.69) is 10.2 Å². The van der Waals surface area contributed by atoms with Gasteiger partial charge < -0.3 is 4.74 Å². The zero-order chi connectivity index (χ0) is 10.7. The number of rotatable bonds is 2. The van der Waals surface area contributed by atoms with E-state index in [1.54, 1.807) is 0 Å². The fraction of sp³-hybridized carbons (Fsp3) is 0.625. The number of hydrogen-bond donors (Lipinski definition) is 1. The fourth-order valence-corrected chi connectivity index (χ4v) is 1.22. The minimum Gasteiger partial charge on any atom is -0.469 e. The number of hydrogen-bond acceptors (Lipinski definition) is 4. The first-order chi connectivity index (χ1) is 6.54. The normalized spacial score (nSPS) is 20.6. The predicted molar refractivity (Wildman–Crippen MR) is 45.7 cm³/mol. The first-order valence-electron chi connectivity index (χ1n) is 4.20. The molecule has 1 atom stereocenters. The lowest BCUT2D eigenvalue weighted by Crippen LogP contribution is -2.36. The Hall–Kier alpha value is -1.59. The van der Waals surface area contributed by atoms with Gasteiger partial charge in [-0.15, -0.1) is 0 Å². The van der Waals surface area contributed by atoms with Crippen molar-refractivity contribution in [2.24, 2.45) is 5.92 Å². The summed E-state index contributed by atoms with van der Waals surface area (Å²) in [6.07, 6.45) is 0.00606. The highest BCUT2D eigenvalue weighted by molar-refractivity contribution is 5.88. The number of esters is 1. The Morgan fingerprint density at radius 3 is 2.71 bits per heavy atom. The van der Waals surface area contributed by atoms with Crippen LogP contribution in [0.25, 0.3) is 0 Å². The number of amides is 2. The van der Waals surface area contributed by atoms with Crippen molar-refractivity contribution in [3.05, 3.63) is 0 Å². The Morgan fingerprint density at radius 2 is 2.29 bits per heavy atom. The highest BCUT2D eigenvalue weighted by atomic mass is 16.5. The van der Waals surface area contributed by atoms with Crippen LogP contribution in [0.15, 0.2) is 0 Å². The standard InChI is InChI=1S/C8H12N2O4/c1-5(11)10-4-6(8(13)9-10)3-7(12)14-2/h6H,3-4H2,1-2H3,(H,9,13)/t6-/m0/s1. The molecule has 0 radical (unpaired) electrons. The lowest BCUT2D eigenvalue weighted by atomic mass is 10.1. The minimum atomic E-state index is -0.494. The summed E-state index contributed by atoms with van der Waals surface area (Å²) in [5.74, 6) is -1.50. The smallest absolute Gasteiger partial charge is 0.306 e. The van der Waals surface area contributed by atoms with Crippen molar-refractivity contribution >= 4 is 17.8 Å². The third-order valence-corrected chi connectivity index (χ3v) is 2.04. The van der Waals surface area contributed by atoms with Crippen molar-refractivity contribution in [2.45, 2.75) is 13.3 Å². The fourth-order valence-electron chi connectivity index (χ4n) is 1.22. The van der Waals surface area contributed by atoms with Crippen molar-refractivity contribution in [1.29, 1.82) is 0 Å². The molecule has 1 aliphatic heterocycles. The highest BCUT2D eigenvalue weighted by Gasteiger charge is 2.33. The zero-order valence-corrected chi connectivity index (χ0v) is 8.07. The number of methoxy groups -OCH3 is 1. The lowest BCUT2D eigenvalue weighted by Gasteiger charge is -2.11. The molecular weight excluding hydrogens is 188 g/mol. The molecule has 1 saturated heterocycles. The van der Waals surface area contributed by atoms with E-state index in [1.807, 2.05) is 0 Å². The molecule has 2 amide bonds. The van der Waals surface area contributed by atoms with Crippen LogP contribution in [0.3, 0.4) is 0 Å². The largest absolute Gasteiger partial charge is 0.469 e. The molecule has 0 saturated carbocycles. The second-order valence-corrected chi connectivity index (χ2v) is 3.08. The Balaban J connectivity index is 2.53. The molecule has 0 aliphatic carbocycles. The van der Waals surface area contributed by atoms with Crippen molar-refractivity contribution in [3.8, 4) is 0 Å². The van der Waals surface area contributed by atoms with Gasteiger partial charge in [-0.05, 0) is 0 Å². The van der Waals surface area contributed by atoms with Gasteiger partial charge in [-0.2, -0.15) is 0 Å². The number of carbonyl (C=O) groups excluding carboxylic acids is 3. The quantitative estimate of drug-likeness (QED) is 0.584. The highest BCUT2D eigenvalue weighted by Crippen LogP contribution is 2.12.